The van der Waals surface area contributed by atoms with Crippen molar-refractivity contribution < 1.29 is 9.66 Å². The molecule has 0 saturated carbocycles. The summed E-state index contributed by atoms with van der Waals surface area (Å²) in [4.78, 5) is 17.7. The van der Waals surface area contributed by atoms with E-state index in [0.717, 1.165) is 38.8 Å². The molecule has 0 radical (unpaired) electrons. The zero-order valence-electron chi connectivity index (χ0n) is 16.5. The molecule has 3 N–H and O–H groups in total. The SMILES string of the molecule is CCNC(=NCC(C)N1CCOCC1)NCCNc1ccccc1[N+](=O)[O-].I. The number of nitro groups is 1. The number of anilines is 1. The van der Waals surface area contributed by atoms with E-state index in [2.05, 4.69) is 32.8 Å². The Morgan fingerprint density at radius 1 is 1.29 bits per heavy atom. The van der Waals surface area contributed by atoms with Crippen LogP contribution in [0.4, 0.5) is 11.4 Å². The quantitative estimate of drug-likeness (QED) is 0.117. The molecule has 1 aromatic carbocycles. The Morgan fingerprint density at radius 3 is 2.68 bits per heavy atom. The van der Waals surface area contributed by atoms with Crippen molar-refractivity contribution in [1.29, 1.82) is 0 Å². The molecule has 28 heavy (non-hydrogen) atoms. The predicted octanol–water partition coefficient (Wildman–Crippen LogP) is 1.90. The molecule has 1 saturated heterocycles. The Labute approximate surface area is 183 Å². The third-order valence-corrected chi connectivity index (χ3v) is 4.36. The molecule has 1 aliphatic rings. The summed E-state index contributed by atoms with van der Waals surface area (Å²) in [6.07, 6.45) is 0. The van der Waals surface area contributed by atoms with Crippen LogP contribution in [0, 0.1) is 10.1 Å². The zero-order chi connectivity index (χ0) is 19.5. The van der Waals surface area contributed by atoms with E-state index in [9.17, 15) is 10.1 Å². The molecule has 1 atom stereocenters. The highest BCUT2D eigenvalue weighted by Crippen LogP contribution is 2.22. The lowest BCUT2D eigenvalue weighted by atomic mass is 10.2. The number of nitro benzene ring substituents is 1. The van der Waals surface area contributed by atoms with Crippen LogP contribution in [-0.4, -0.2) is 74.3 Å². The summed E-state index contributed by atoms with van der Waals surface area (Å²) in [5.41, 5.74) is 0.601. The van der Waals surface area contributed by atoms with Crippen LogP contribution >= 0.6 is 24.0 Å². The van der Waals surface area contributed by atoms with Crippen LogP contribution in [0.3, 0.4) is 0 Å². The van der Waals surface area contributed by atoms with Crippen LogP contribution in [-0.2, 0) is 4.74 Å². The second kappa shape index (κ2) is 13.5. The van der Waals surface area contributed by atoms with Crippen LogP contribution < -0.4 is 16.0 Å². The average molecular weight is 506 g/mol. The molecule has 158 valence electrons. The van der Waals surface area contributed by atoms with Gasteiger partial charge in [0.2, 0.25) is 0 Å². The molecule has 1 unspecified atom stereocenters. The summed E-state index contributed by atoms with van der Waals surface area (Å²) < 4.78 is 5.39. The summed E-state index contributed by atoms with van der Waals surface area (Å²) in [5, 5.41) is 20.6. The lowest BCUT2D eigenvalue weighted by Gasteiger charge is -2.31. The first-order valence-corrected chi connectivity index (χ1v) is 9.43. The number of morpholine rings is 1. The molecule has 1 fully saturated rings. The Morgan fingerprint density at radius 2 is 2.00 bits per heavy atom. The van der Waals surface area contributed by atoms with Gasteiger partial charge in [0, 0.05) is 44.8 Å². The molecule has 0 amide bonds. The summed E-state index contributed by atoms with van der Waals surface area (Å²) >= 11 is 0. The number of nitrogens with one attached hydrogen (secondary N) is 3. The van der Waals surface area contributed by atoms with E-state index in [1.54, 1.807) is 18.2 Å². The van der Waals surface area contributed by atoms with E-state index >= 15 is 0 Å². The van der Waals surface area contributed by atoms with Gasteiger partial charge >= 0.3 is 0 Å². The first-order valence-electron chi connectivity index (χ1n) is 9.43. The van der Waals surface area contributed by atoms with Gasteiger partial charge in [-0.2, -0.15) is 0 Å². The van der Waals surface area contributed by atoms with E-state index in [1.165, 1.54) is 6.07 Å². The number of aliphatic imine (C=N–C) groups is 1. The monoisotopic (exact) mass is 506 g/mol. The van der Waals surface area contributed by atoms with Gasteiger partial charge in [-0.05, 0) is 19.9 Å². The standard InChI is InChI=1S/C18H30N6O3.HI/c1-3-19-18(22-14-15(2)23-10-12-27-13-11-23)21-9-8-20-16-6-4-5-7-17(16)24(25)26;/h4-7,15,20H,3,8-14H2,1-2H3,(H2,19,21,22);1H. The van der Waals surface area contributed by atoms with Crippen molar-refractivity contribution in [3.63, 3.8) is 0 Å². The Balaban J connectivity index is 0.00000392. The second-order valence-electron chi connectivity index (χ2n) is 6.34. The molecule has 1 aromatic rings. The molecule has 1 heterocycles. The highest BCUT2D eigenvalue weighted by Gasteiger charge is 2.16. The van der Waals surface area contributed by atoms with E-state index in [4.69, 9.17) is 4.74 Å². The first kappa shape index (κ1) is 24.4. The minimum Gasteiger partial charge on any atom is -0.379 e. The van der Waals surface area contributed by atoms with Gasteiger partial charge in [0.05, 0.1) is 24.7 Å². The molecule has 0 spiro atoms. The van der Waals surface area contributed by atoms with Gasteiger partial charge in [-0.1, -0.05) is 12.1 Å². The van der Waals surface area contributed by atoms with Crippen molar-refractivity contribution in [2.24, 2.45) is 4.99 Å². The normalized spacial score (nSPS) is 16.0. The van der Waals surface area contributed by atoms with E-state index in [-0.39, 0.29) is 34.6 Å². The third-order valence-electron chi connectivity index (χ3n) is 4.36. The minimum absolute atomic E-state index is 0. The van der Waals surface area contributed by atoms with Gasteiger partial charge in [0.1, 0.15) is 5.69 Å². The van der Waals surface area contributed by atoms with Crippen LogP contribution in [0.15, 0.2) is 29.3 Å². The van der Waals surface area contributed by atoms with Gasteiger partial charge in [-0.3, -0.25) is 20.0 Å². The lowest BCUT2D eigenvalue weighted by molar-refractivity contribution is -0.384. The predicted molar refractivity (Wildman–Crippen MR) is 123 cm³/mol. The second-order valence-corrected chi connectivity index (χ2v) is 6.34. The van der Waals surface area contributed by atoms with Gasteiger partial charge in [0.25, 0.3) is 5.69 Å². The maximum Gasteiger partial charge on any atom is 0.292 e. The molecule has 1 aliphatic heterocycles. The summed E-state index contributed by atoms with van der Waals surface area (Å²) in [6, 6.07) is 7.00. The topological polar surface area (TPSA) is 104 Å². The fourth-order valence-corrected chi connectivity index (χ4v) is 2.86. The van der Waals surface area contributed by atoms with Crippen molar-refractivity contribution in [2.75, 3.05) is 57.8 Å². The summed E-state index contributed by atoms with van der Waals surface area (Å²) in [6.45, 7) is 10.3. The van der Waals surface area contributed by atoms with Crippen molar-refractivity contribution in [3.05, 3.63) is 34.4 Å². The smallest absolute Gasteiger partial charge is 0.292 e. The van der Waals surface area contributed by atoms with Crippen molar-refractivity contribution in [2.45, 2.75) is 19.9 Å². The third kappa shape index (κ3) is 8.15. The molecular formula is C18H31IN6O3. The van der Waals surface area contributed by atoms with Gasteiger partial charge < -0.3 is 20.7 Å². The minimum atomic E-state index is -0.381. The Bertz CT molecular complexity index is 625. The number of ether oxygens (including phenoxy) is 1. The molecular weight excluding hydrogens is 475 g/mol. The summed E-state index contributed by atoms with van der Waals surface area (Å²) in [5.74, 6) is 0.752. The maximum absolute atomic E-state index is 11.0. The van der Waals surface area contributed by atoms with Crippen LogP contribution in [0.2, 0.25) is 0 Å². The van der Waals surface area contributed by atoms with Gasteiger partial charge in [-0.15, -0.1) is 24.0 Å². The molecule has 0 aliphatic carbocycles. The highest BCUT2D eigenvalue weighted by molar-refractivity contribution is 14.0. The number of halogens is 1. The van der Waals surface area contributed by atoms with E-state index in [1.807, 2.05) is 6.92 Å². The molecule has 0 bridgehead atoms. The molecule has 0 aromatic heterocycles. The number of nitrogens with zero attached hydrogens (tertiary/aromatic N) is 3. The number of benzene rings is 1. The van der Waals surface area contributed by atoms with E-state index < -0.39 is 0 Å². The van der Waals surface area contributed by atoms with Crippen LogP contribution in [0.5, 0.6) is 0 Å². The largest absolute Gasteiger partial charge is 0.379 e. The van der Waals surface area contributed by atoms with Crippen molar-refractivity contribution in [3.8, 4) is 0 Å². The van der Waals surface area contributed by atoms with Gasteiger partial charge in [-0.25, -0.2) is 0 Å². The number of hydrogen-bond donors (Lipinski definition) is 3. The fraction of sp³-hybridized carbons (Fsp3) is 0.611. The molecule has 9 nitrogen and oxygen atoms in total. The Kier molecular flexibility index (Phi) is 11.8. The number of para-hydroxylation sites is 2. The van der Waals surface area contributed by atoms with E-state index in [0.29, 0.717) is 31.4 Å². The molecule has 2 rings (SSSR count). The Hall–Kier alpha value is -1.66. The van der Waals surface area contributed by atoms with Crippen molar-refractivity contribution >= 4 is 41.3 Å². The lowest BCUT2D eigenvalue weighted by Crippen LogP contribution is -2.45. The van der Waals surface area contributed by atoms with Crippen LogP contribution in [0.25, 0.3) is 0 Å². The first-order chi connectivity index (χ1) is 13.1. The zero-order valence-corrected chi connectivity index (χ0v) is 18.8. The number of hydrogen-bond acceptors (Lipinski definition) is 6. The summed E-state index contributed by atoms with van der Waals surface area (Å²) in [7, 11) is 0. The average Bonchev–Trinajstić information content (AvgIpc) is 2.69. The number of rotatable bonds is 9. The number of guanidine groups is 1. The fourth-order valence-electron chi connectivity index (χ4n) is 2.86. The highest BCUT2D eigenvalue weighted by atomic mass is 127. The maximum atomic E-state index is 11.0. The van der Waals surface area contributed by atoms with Crippen LogP contribution in [0.1, 0.15) is 13.8 Å². The molecule has 10 heteroatoms. The van der Waals surface area contributed by atoms with Crippen molar-refractivity contribution in [1.82, 2.24) is 15.5 Å². The van der Waals surface area contributed by atoms with Gasteiger partial charge in [0.15, 0.2) is 5.96 Å².